The van der Waals surface area contributed by atoms with Gasteiger partial charge in [-0.25, -0.2) is 0 Å². The molecule has 0 bridgehead atoms. The molecule has 28 heavy (non-hydrogen) atoms. The summed E-state index contributed by atoms with van der Waals surface area (Å²) in [6.07, 6.45) is 1.31. The van der Waals surface area contributed by atoms with Crippen molar-refractivity contribution in [3.05, 3.63) is 65.2 Å². The van der Waals surface area contributed by atoms with E-state index in [2.05, 4.69) is 22.3 Å². The molecular weight excluding hydrogens is 350 g/mol. The molecule has 148 valence electrons. The molecule has 0 unspecified atom stereocenters. The fourth-order valence-electron chi connectivity index (χ4n) is 3.49. The molecule has 0 aliphatic carbocycles. The summed E-state index contributed by atoms with van der Waals surface area (Å²) >= 11 is 0. The first-order valence-corrected chi connectivity index (χ1v) is 9.93. The first kappa shape index (κ1) is 20.1. The minimum absolute atomic E-state index is 0.00226. The van der Waals surface area contributed by atoms with E-state index >= 15 is 0 Å². The van der Waals surface area contributed by atoms with Crippen LogP contribution in [0.15, 0.2) is 48.5 Å². The minimum atomic E-state index is -0.00226. The third-order valence-corrected chi connectivity index (χ3v) is 5.44. The van der Waals surface area contributed by atoms with Crippen LogP contribution in [0.4, 0.5) is 5.69 Å². The number of piperazine rings is 1. The fourth-order valence-corrected chi connectivity index (χ4v) is 3.49. The monoisotopic (exact) mass is 379 g/mol. The van der Waals surface area contributed by atoms with Crippen LogP contribution in [0.5, 0.6) is 0 Å². The zero-order chi connectivity index (χ0) is 19.9. The van der Waals surface area contributed by atoms with Crippen LogP contribution in [0.3, 0.4) is 0 Å². The molecular formula is C23H29N3O2. The largest absolute Gasteiger partial charge is 0.340 e. The van der Waals surface area contributed by atoms with Gasteiger partial charge in [-0.1, -0.05) is 42.5 Å². The summed E-state index contributed by atoms with van der Waals surface area (Å²) < 4.78 is 0. The molecule has 1 fully saturated rings. The third kappa shape index (κ3) is 5.42. The predicted molar refractivity (Wildman–Crippen MR) is 112 cm³/mol. The summed E-state index contributed by atoms with van der Waals surface area (Å²) in [6, 6.07) is 16.0. The number of aryl methyl sites for hydroxylation is 2. The Morgan fingerprint density at radius 2 is 1.64 bits per heavy atom. The maximum atomic E-state index is 12.4. The van der Waals surface area contributed by atoms with Crippen LogP contribution in [0.2, 0.25) is 0 Å². The normalized spacial score (nSPS) is 14.7. The van der Waals surface area contributed by atoms with E-state index in [-0.39, 0.29) is 11.8 Å². The molecule has 1 saturated heterocycles. The number of anilines is 1. The average molecular weight is 380 g/mol. The summed E-state index contributed by atoms with van der Waals surface area (Å²) in [5.41, 5.74) is 4.34. The molecule has 5 heteroatoms. The van der Waals surface area contributed by atoms with Crippen molar-refractivity contribution in [2.45, 2.75) is 26.7 Å². The second-order valence-electron chi connectivity index (χ2n) is 7.44. The molecule has 5 nitrogen and oxygen atoms in total. The van der Waals surface area contributed by atoms with Crippen LogP contribution in [-0.2, 0) is 16.0 Å². The zero-order valence-electron chi connectivity index (χ0n) is 16.8. The van der Waals surface area contributed by atoms with E-state index in [9.17, 15) is 9.59 Å². The molecule has 2 aromatic carbocycles. The number of hydrogen-bond donors (Lipinski definition) is 1. The van der Waals surface area contributed by atoms with Crippen LogP contribution < -0.4 is 5.32 Å². The number of rotatable bonds is 6. The third-order valence-electron chi connectivity index (χ3n) is 5.44. The highest BCUT2D eigenvalue weighted by molar-refractivity contribution is 5.93. The second kappa shape index (κ2) is 9.51. The quantitative estimate of drug-likeness (QED) is 0.839. The lowest BCUT2D eigenvalue weighted by atomic mass is 10.1. The topological polar surface area (TPSA) is 52.7 Å². The Morgan fingerprint density at radius 1 is 0.929 bits per heavy atom. The second-order valence-corrected chi connectivity index (χ2v) is 7.44. The van der Waals surface area contributed by atoms with Gasteiger partial charge in [0.2, 0.25) is 11.8 Å². The Balaban J connectivity index is 1.41. The molecule has 1 N–H and O–H groups in total. The van der Waals surface area contributed by atoms with Gasteiger partial charge in [0.1, 0.15) is 0 Å². The van der Waals surface area contributed by atoms with Crippen LogP contribution in [-0.4, -0.2) is 54.3 Å². The van der Waals surface area contributed by atoms with Gasteiger partial charge in [0.15, 0.2) is 0 Å². The Kier molecular flexibility index (Phi) is 6.82. The van der Waals surface area contributed by atoms with Gasteiger partial charge in [0, 0.05) is 38.3 Å². The maximum absolute atomic E-state index is 12.4. The first-order valence-electron chi connectivity index (χ1n) is 9.93. The lowest BCUT2D eigenvalue weighted by molar-refractivity contribution is -0.133. The smallest absolute Gasteiger partial charge is 0.238 e. The average Bonchev–Trinajstić information content (AvgIpc) is 2.71. The fraction of sp³-hybridized carbons (Fsp3) is 0.391. The molecule has 1 aliphatic rings. The Labute approximate surface area is 167 Å². The molecule has 3 rings (SSSR count). The van der Waals surface area contributed by atoms with E-state index in [1.807, 2.05) is 55.1 Å². The summed E-state index contributed by atoms with van der Waals surface area (Å²) in [7, 11) is 0. The van der Waals surface area contributed by atoms with Gasteiger partial charge >= 0.3 is 0 Å². The number of carbonyl (C=O) groups is 2. The van der Waals surface area contributed by atoms with Crippen LogP contribution in [0, 0.1) is 13.8 Å². The van der Waals surface area contributed by atoms with Gasteiger partial charge in [-0.3, -0.25) is 14.5 Å². The van der Waals surface area contributed by atoms with Crippen LogP contribution in [0.25, 0.3) is 0 Å². The van der Waals surface area contributed by atoms with E-state index in [4.69, 9.17) is 0 Å². The Morgan fingerprint density at radius 3 is 2.36 bits per heavy atom. The molecule has 0 saturated carbocycles. The Bertz CT molecular complexity index is 812. The van der Waals surface area contributed by atoms with E-state index in [0.29, 0.717) is 26.1 Å². The van der Waals surface area contributed by atoms with Gasteiger partial charge in [0.25, 0.3) is 0 Å². The molecule has 0 atom stereocenters. The highest BCUT2D eigenvalue weighted by Gasteiger charge is 2.22. The number of hydrogen-bond acceptors (Lipinski definition) is 3. The minimum Gasteiger partial charge on any atom is -0.340 e. The molecule has 0 radical (unpaired) electrons. The molecule has 0 aromatic heterocycles. The van der Waals surface area contributed by atoms with Gasteiger partial charge in [-0.15, -0.1) is 0 Å². The number of amides is 2. The van der Waals surface area contributed by atoms with Crippen molar-refractivity contribution < 1.29 is 9.59 Å². The molecule has 0 spiro atoms. The van der Waals surface area contributed by atoms with Crippen molar-refractivity contribution in [1.29, 1.82) is 0 Å². The Hall–Kier alpha value is -2.66. The molecule has 2 amide bonds. The number of nitrogens with one attached hydrogen (secondary N) is 1. The highest BCUT2D eigenvalue weighted by Crippen LogP contribution is 2.18. The van der Waals surface area contributed by atoms with E-state index in [0.717, 1.165) is 30.8 Å². The van der Waals surface area contributed by atoms with Crippen molar-refractivity contribution in [3.63, 3.8) is 0 Å². The van der Waals surface area contributed by atoms with E-state index in [1.165, 1.54) is 11.1 Å². The van der Waals surface area contributed by atoms with Gasteiger partial charge < -0.3 is 10.2 Å². The summed E-state index contributed by atoms with van der Waals surface area (Å²) in [4.78, 5) is 28.9. The maximum Gasteiger partial charge on any atom is 0.238 e. The van der Waals surface area contributed by atoms with Crippen molar-refractivity contribution in [3.8, 4) is 0 Å². The highest BCUT2D eigenvalue weighted by atomic mass is 16.2. The first-order chi connectivity index (χ1) is 13.5. The molecule has 1 aliphatic heterocycles. The molecule has 1 heterocycles. The van der Waals surface area contributed by atoms with E-state index in [1.54, 1.807) is 0 Å². The molecule has 2 aromatic rings. The zero-order valence-corrected chi connectivity index (χ0v) is 16.8. The standard InChI is InChI=1S/C23H29N3O2/c1-18-7-6-10-21(19(18)2)24-22(27)17-25-13-15-26(16-14-25)23(28)12-11-20-8-4-3-5-9-20/h3-10H,11-17H2,1-2H3,(H,24,27). The van der Waals surface area contributed by atoms with Gasteiger partial charge in [-0.05, 0) is 43.0 Å². The van der Waals surface area contributed by atoms with Crippen molar-refractivity contribution in [2.24, 2.45) is 0 Å². The van der Waals surface area contributed by atoms with E-state index < -0.39 is 0 Å². The lowest BCUT2D eigenvalue weighted by Gasteiger charge is -2.34. The summed E-state index contributed by atoms with van der Waals surface area (Å²) in [5, 5.41) is 3.01. The number of benzene rings is 2. The summed E-state index contributed by atoms with van der Waals surface area (Å²) in [6.45, 7) is 7.26. The number of carbonyl (C=O) groups excluding carboxylic acids is 2. The van der Waals surface area contributed by atoms with Crippen molar-refractivity contribution in [2.75, 3.05) is 38.0 Å². The van der Waals surface area contributed by atoms with Crippen LogP contribution in [0.1, 0.15) is 23.1 Å². The SMILES string of the molecule is Cc1cccc(NC(=O)CN2CCN(C(=O)CCc3ccccc3)CC2)c1C. The summed E-state index contributed by atoms with van der Waals surface area (Å²) in [5.74, 6) is 0.195. The predicted octanol–water partition coefficient (Wildman–Crippen LogP) is 3.02. The van der Waals surface area contributed by atoms with Crippen molar-refractivity contribution >= 4 is 17.5 Å². The van der Waals surface area contributed by atoms with Gasteiger partial charge in [-0.2, -0.15) is 0 Å². The van der Waals surface area contributed by atoms with Crippen molar-refractivity contribution in [1.82, 2.24) is 9.80 Å². The lowest BCUT2D eigenvalue weighted by Crippen LogP contribution is -2.50. The number of nitrogens with zero attached hydrogens (tertiary/aromatic N) is 2. The van der Waals surface area contributed by atoms with Crippen LogP contribution >= 0.6 is 0 Å². The van der Waals surface area contributed by atoms with Gasteiger partial charge in [0.05, 0.1) is 6.54 Å².